The van der Waals surface area contributed by atoms with E-state index in [1.807, 2.05) is 6.20 Å². The van der Waals surface area contributed by atoms with Gasteiger partial charge in [0.2, 0.25) is 5.96 Å². The second kappa shape index (κ2) is 6.86. The van der Waals surface area contributed by atoms with Gasteiger partial charge in [0.25, 0.3) is 0 Å². The zero-order valence-corrected chi connectivity index (χ0v) is 12.5. The van der Waals surface area contributed by atoms with Crippen molar-refractivity contribution in [2.24, 2.45) is 10.8 Å². The van der Waals surface area contributed by atoms with Crippen LogP contribution < -0.4 is 16.6 Å². The quantitative estimate of drug-likeness (QED) is 0.342. The summed E-state index contributed by atoms with van der Waals surface area (Å²) in [5.74, 6) is 6.22. The standard InChI is InChI=1S/C13H23N5S/c1-3-11-8-15-12(19-11)9(2)16-13(18-14)17-10-6-4-5-7-10/h8-10H,3-7,14H2,1-2H3,(H2,16,17,18). The molecule has 1 aromatic heterocycles. The van der Waals surface area contributed by atoms with Crippen LogP contribution in [0.1, 0.15) is 55.5 Å². The minimum atomic E-state index is 0.126. The van der Waals surface area contributed by atoms with Crippen LogP contribution in [0.2, 0.25) is 0 Å². The predicted molar refractivity (Wildman–Crippen MR) is 80.1 cm³/mol. The number of aromatic nitrogens is 1. The molecule has 1 aliphatic carbocycles. The Morgan fingerprint density at radius 2 is 2.32 bits per heavy atom. The third kappa shape index (κ3) is 3.91. The number of thiazole rings is 1. The van der Waals surface area contributed by atoms with Gasteiger partial charge >= 0.3 is 0 Å². The fraction of sp³-hybridized carbons (Fsp3) is 0.692. The first-order valence-corrected chi connectivity index (χ1v) is 7.80. The Balaban J connectivity index is 1.96. The molecule has 1 aliphatic rings. The Morgan fingerprint density at radius 1 is 1.58 bits per heavy atom. The number of aliphatic imine (C=N–C) groups is 1. The van der Waals surface area contributed by atoms with Crippen molar-refractivity contribution in [1.29, 1.82) is 0 Å². The number of hydrazine groups is 1. The Bertz CT molecular complexity index is 422. The van der Waals surface area contributed by atoms with Crippen molar-refractivity contribution in [3.05, 3.63) is 16.1 Å². The molecule has 1 atom stereocenters. The van der Waals surface area contributed by atoms with Gasteiger partial charge in [0.1, 0.15) is 5.01 Å². The third-order valence-corrected chi connectivity index (χ3v) is 4.74. The lowest BCUT2D eigenvalue weighted by Gasteiger charge is -2.16. The molecular weight excluding hydrogens is 258 g/mol. The molecule has 6 heteroatoms. The maximum absolute atomic E-state index is 5.55. The molecule has 4 N–H and O–H groups in total. The van der Waals surface area contributed by atoms with Gasteiger partial charge in [-0.15, -0.1) is 11.3 Å². The highest BCUT2D eigenvalue weighted by atomic mass is 32.1. The van der Waals surface area contributed by atoms with Crippen molar-refractivity contribution >= 4 is 17.3 Å². The zero-order chi connectivity index (χ0) is 13.7. The van der Waals surface area contributed by atoms with Gasteiger partial charge in [0, 0.05) is 11.1 Å². The van der Waals surface area contributed by atoms with Crippen molar-refractivity contribution in [2.75, 3.05) is 0 Å². The Morgan fingerprint density at radius 3 is 2.89 bits per heavy atom. The third-order valence-electron chi connectivity index (χ3n) is 3.42. The van der Waals surface area contributed by atoms with Crippen LogP contribution >= 0.6 is 11.3 Å². The lowest BCUT2D eigenvalue weighted by molar-refractivity contribution is 0.650. The maximum Gasteiger partial charge on any atom is 0.206 e. The van der Waals surface area contributed by atoms with Crippen LogP contribution in [-0.2, 0) is 6.42 Å². The molecule has 1 heterocycles. The largest absolute Gasteiger partial charge is 0.346 e. The van der Waals surface area contributed by atoms with Gasteiger partial charge in [-0.3, -0.25) is 5.43 Å². The van der Waals surface area contributed by atoms with Crippen molar-refractivity contribution in [1.82, 2.24) is 15.7 Å². The molecule has 0 aromatic carbocycles. The molecule has 2 rings (SSSR count). The summed E-state index contributed by atoms with van der Waals surface area (Å²) in [4.78, 5) is 10.4. The molecule has 0 bridgehead atoms. The van der Waals surface area contributed by atoms with E-state index in [4.69, 9.17) is 5.84 Å². The van der Waals surface area contributed by atoms with E-state index < -0.39 is 0 Å². The number of hydrogen-bond donors (Lipinski definition) is 3. The van der Waals surface area contributed by atoms with E-state index in [-0.39, 0.29) is 6.04 Å². The summed E-state index contributed by atoms with van der Waals surface area (Å²) in [7, 11) is 0. The highest BCUT2D eigenvalue weighted by Crippen LogP contribution is 2.22. The summed E-state index contributed by atoms with van der Waals surface area (Å²) in [6.45, 7) is 4.23. The number of rotatable bonds is 4. The molecule has 1 fully saturated rings. The van der Waals surface area contributed by atoms with E-state index in [0.717, 1.165) is 11.4 Å². The SMILES string of the molecule is CCc1cnc(C(C)NC(=NC2CCCC2)NN)s1. The van der Waals surface area contributed by atoms with E-state index in [0.29, 0.717) is 12.0 Å². The molecule has 5 nitrogen and oxygen atoms in total. The van der Waals surface area contributed by atoms with Crippen LogP contribution in [0.3, 0.4) is 0 Å². The summed E-state index contributed by atoms with van der Waals surface area (Å²) in [5, 5.41) is 4.38. The van der Waals surface area contributed by atoms with Crippen LogP contribution in [0.25, 0.3) is 0 Å². The molecule has 1 saturated carbocycles. The van der Waals surface area contributed by atoms with Gasteiger partial charge in [-0.1, -0.05) is 19.8 Å². The average molecular weight is 281 g/mol. The first-order chi connectivity index (χ1) is 9.22. The molecule has 0 saturated heterocycles. The smallest absolute Gasteiger partial charge is 0.206 e. The Labute approximate surface area is 118 Å². The van der Waals surface area contributed by atoms with Crippen LogP contribution in [0.4, 0.5) is 0 Å². The summed E-state index contributed by atoms with van der Waals surface area (Å²) in [6.07, 6.45) is 7.85. The van der Waals surface area contributed by atoms with Crippen LogP contribution in [0.15, 0.2) is 11.2 Å². The van der Waals surface area contributed by atoms with Gasteiger partial charge in [0.05, 0.1) is 12.1 Å². The highest BCUT2D eigenvalue weighted by molar-refractivity contribution is 7.11. The Kier molecular flexibility index (Phi) is 5.15. The van der Waals surface area contributed by atoms with Gasteiger partial charge in [-0.2, -0.15) is 0 Å². The summed E-state index contributed by atoms with van der Waals surface area (Å²) in [6, 6.07) is 0.537. The van der Waals surface area contributed by atoms with Gasteiger partial charge < -0.3 is 5.32 Å². The summed E-state index contributed by atoms with van der Waals surface area (Å²) < 4.78 is 0. The minimum Gasteiger partial charge on any atom is -0.346 e. The van der Waals surface area contributed by atoms with Gasteiger partial charge in [-0.05, 0) is 26.2 Å². The van der Waals surface area contributed by atoms with E-state index >= 15 is 0 Å². The molecule has 1 aromatic rings. The maximum atomic E-state index is 5.55. The summed E-state index contributed by atoms with van der Waals surface area (Å²) in [5.41, 5.74) is 2.67. The molecule has 0 spiro atoms. The normalized spacial score (nSPS) is 18.6. The van der Waals surface area contributed by atoms with Crippen LogP contribution in [-0.4, -0.2) is 17.0 Å². The average Bonchev–Trinajstić information content (AvgIpc) is 3.08. The number of nitrogens with two attached hydrogens (primary N) is 1. The number of nitrogens with one attached hydrogen (secondary N) is 2. The molecule has 19 heavy (non-hydrogen) atoms. The van der Waals surface area contributed by atoms with E-state index in [1.54, 1.807) is 11.3 Å². The molecule has 0 aliphatic heterocycles. The van der Waals surface area contributed by atoms with E-state index in [1.165, 1.54) is 30.6 Å². The van der Waals surface area contributed by atoms with Crippen LogP contribution in [0.5, 0.6) is 0 Å². The fourth-order valence-corrected chi connectivity index (χ4v) is 3.14. The number of aryl methyl sites for hydroxylation is 1. The Hall–Kier alpha value is -1.14. The number of guanidine groups is 1. The van der Waals surface area contributed by atoms with Crippen molar-refractivity contribution in [3.8, 4) is 0 Å². The first kappa shape index (κ1) is 14.3. The second-order valence-electron chi connectivity index (χ2n) is 4.94. The van der Waals surface area contributed by atoms with Gasteiger partial charge in [-0.25, -0.2) is 15.8 Å². The lowest BCUT2D eigenvalue weighted by Crippen LogP contribution is -2.43. The molecule has 106 valence electrons. The van der Waals surface area contributed by atoms with Crippen molar-refractivity contribution in [3.63, 3.8) is 0 Å². The zero-order valence-electron chi connectivity index (χ0n) is 11.6. The second-order valence-corrected chi connectivity index (χ2v) is 6.09. The van der Waals surface area contributed by atoms with Gasteiger partial charge in [0.15, 0.2) is 0 Å². The molecule has 1 unspecified atom stereocenters. The van der Waals surface area contributed by atoms with Crippen molar-refractivity contribution in [2.45, 2.75) is 58.0 Å². The van der Waals surface area contributed by atoms with E-state index in [2.05, 4.69) is 34.6 Å². The molecule has 0 amide bonds. The first-order valence-electron chi connectivity index (χ1n) is 6.98. The predicted octanol–water partition coefficient (Wildman–Crippen LogP) is 2.12. The van der Waals surface area contributed by atoms with Crippen molar-refractivity contribution < 1.29 is 0 Å². The highest BCUT2D eigenvalue weighted by Gasteiger charge is 2.16. The minimum absolute atomic E-state index is 0.126. The number of nitrogens with zero attached hydrogens (tertiary/aromatic N) is 2. The van der Waals surface area contributed by atoms with Crippen LogP contribution in [0, 0.1) is 0 Å². The summed E-state index contributed by atoms with van der Waals surface area (Å²) >= 11 is 1.74. The monoisotopic (exact) mass is 281 g/mol. The number of hydrogen-bond acceptors (Lipinski definition) is 4. The topological polar surface area (TPSA) is 75.3 Å². The fourth-order valence-electron chi connectivity index (χ4n) is 2.29. The lowest BCUT2D eigenvalue weighted by atomic mass is 10.3. The van der Waals surface area contributed by atoms with E-state index in [9.17, 15) is 0 Å². The molecule has 0 radical (unpaired) electrons. The molecular formula is C13H23N5S.